The Labute approximate surface area is 97.8 Å². The molecule has 15 heavy (non-hydrogen) atoms. The maximum absolute atomic E-state index is 10.8. The van der Waals surface area contributed by atoms with E-state index in [0.29, 0.717) is 22.0 Å². The Bertz CT molecular complexity index is 368. The second kappa shape index (κ2) is 5.35. The lowest BCUT2D eigenvalue weighted by Gasteiger charge is -2.11. The van der Waals surface area contributed by atoms with Gasteiger partial charge in [-0.1, -0.05) is 35.3 Å². The summed E-state index contributed by atoms with van der Waals surface area (Å²) in [6.45, 7) is 0.0815. The summed E-state index contributed by atoms with van der Waals surface area (Å²) in [6.07, 6.45) is 0.297. The topological polar surface area (TPSA) is 63.3 Å². The van der Waals surface area contributed by atoms with E-state index in [4.69, 9.17) is 34.0 Å². The van der Waals surface area contributed by atoms with Crippen molar-refractivity contribution in [2.75, 3.05) is 6.54 Å². The van der Waals surface area contributed by atoms with Gasteiger partial charge in [0.15, 0.2) is 0 Å². The molecule has 1 aromatic carbocycles. The lowest BCUT2D eigenvalue weighted by molar-refractivity contribution is -0.141. The number of carboxylic acid groups (broad SMARTS) is 1. The lowest BCUT2D eigenvalue weighted by atomic mass is 10.00. The van der Waals surface area contributed by atoms with Crippen molar-refractivity contribution in [3.05, 3.63) is 33.8 Å². The van der Waals surface area contributed by atoms with Crippen LogP contribution in [0.1, 0.15) is 5.56 Å². The number of carboxylic acids is 1. The summed E-state index contributed by atoms with van der Waals surface area (Å²) < 4.78 is 0. The van der Waals surface area contributed by atoms with Gasteiger partial charge in [0.2, 0.25) is 0 Å². The molecular weight excluding hydrogens is 237 g/mol. The van der Waals surface area contributed by atoms with E-state index in [2.05, 4.69) is 0 Å². The molecule has 82 valence electrons. The molecule has 0 bridgehead atoms. The minimum atomic E-state index is -0.923. The third-order valence-corrected chi connectivity index (χ3v) is 2.99. The van der Waals surface area contributed by atoms with Gasteiger partial charge < -0.3 is 10.8 Å². The SMILES string of the molecule is NC[C@H](Cc1cccc(Cl)c1Cl)C(=O)O. The van der Waals surface area contributed by atoms with E-state index in [1.54, 1.807) is 18.2 Å². The van der Waals surface area contributed by atoms with Crippen molar-refractivity contribution in [1.29, 1.82) is 0 Å². The van der Waals surface area contributed by atoms with Crippen LogP contribution in [0.3, 0.4) is 0 Å². The molecule has 0 heterocycles. The van der Waals surface area contributed by atoms with E-state index >= 15 is 0 Å². The third kappa shape index (κ3) is 3.09. The maximum atomic E-state index is 10.8. The Balaban J connectivity index is 2.88. The van der Waals surface area contributed by atoms with Gasteiger partial charge in [-0.25, -0.2) is 0 Å². The molecular formula is C10H11Cl2NO2. The third-order valence-electron chi connectivity index (χ3n) is 2.13. The van der Waals surface area contributed by atoms with Crippen molar-refractivity contribution in [2.24, 2.45) is 11.7 Å². The first kappa shape index (κ1) is 12.3. The molecule has 0 aliphatic heterocycles. The Hall–Kier alpha value is -0.770. The van der Waals surface area contributed by atoms with Gasteiger partial charge in [-0.3, -0.25) is 4.79 Å². The highest BCUT2D eigenvalue weighted by Gasteiger charge is 2.17. The van der Waals surface area contributed by atoms with Crippen molar-refractivity contribution in [3.63, 3.8) is 0 Å². The van der Waals surface area contributed by atoms with Crippen LogP contribution in [0, 0.1) is 5.92 Å². The maximum Gasteiger partial charge on any atom is 0.308 e. The van der Waals surface area contributed by atoms with Gasteiger partial charge >= 0.3 is 5.97 Å². The quantitative estimate of drug-likeness (QED) is 0.858. The van der Waals surface area contributed by atoms with Crippen LogP contribution in [0.5, 0.6) is 0 Å². The molecule has 0 radical (unpaired) electrons. The van der Waals surface area contributed by atoms with E-state index in [0.717, 1.165) is 0 Å². The van der Waals surface area contributed by atoms with Crippen LogP contribution in [0.2, 0.25) is 10.0 Å². The molecule has 0 aromatic heterocycles. The van der Waals surface area contributed by atoms with E-state index in [1.165, 1.54) is 0 Å². The monoisotopic (exact) mass is 247 g/mol. The van der Waals surface area contributed by atoms with E-state index < -0.39 is 11.9 Å². The fourth-order valence-electron chi connectivity index (χ4n) is 1.24. The number of rotatable bonds is 4. The largest absolute Gasteiger partial charge is 0.481 e. The van der Waals surface area contributed by atoms with E-state index in [1.807, 2.05) is 0 Å². The zero-order valence-corrected chi connectivity index (χ0v) is 9.42. The van der Waals surface area contributed by atoms with E-state index in [-0.39, 0.29) is 6.54 Å². The summed E-state index contributed by atoms with van der Waals surface area (Å²) in [7, 11) is 0. The Morgan fingerprint density at radius 3 is 2.67 bits per heavy atom. The lowest BCUT2D eigenvalue weighted by Crippen LogP contribution is -2.25. The van der Waals surface area contributed by atoms with Crippen LogP contribution in [0.4, 0.5) is 0 Å². The number of hydrogen-bond acceptors (Lipinski definition) is 2. The molecule has 0 aliphatic carbocycles. The molecule has 1 rings (SSSR count). The molecule has 0 amide bonds. The van der Waals surface area contributed by atoms with Crippen molar-refractivity contribution in [2.45, 2.75) is 6.42 Å². The van der Waals surface area contributed by atoms with Gasteiger partial charge in [0.05, 0.1) is 16.0 Å². The number of nitrogens with two attached hydrogens (primary N) is 1. The fraction of sp³-hybridized carbons (Fsp3) is 0.300. The Morgan fingerprint density at radius 1 is 1.47 bits per heavy atom. The normalized spacial score (nSPS) is 12.5. The molecule has 0 unspecified atom stereocenters. The number of aliphatic carboxylic acids is 1. The van der Waals surface area contributed by atoms with Crippen molar-refractivity contribution >= 4 is 29.2 Å². The van der Waals surface area contributed by atoms with Crippen LogP contribution < -0.4 is 5.73 Å². The average Bonchev–Trinajstić information content (AvgIpc) is 2.19. The number of halogens is 2. The summed E-state index contributed by atoms with van der Waals surface area (Å²) in [6, 6.07) is 5.14. The van der Waals surface area contributed by atoms with Crippen LogP contribution in [-0.2, 0) is 11.2 Å². The van der Waals surface area contributed by atoms with Crippen LogP contribution in [0.15, 0.2) is 18.2 Å². The van der Waals surface area contributed by atoms with Crippen molar-refractivity contribution in [1.82, 2.24) is 0 Å². The summed E-state index contributed by atoms with van der Waals surface area (Å²) in [4.78, 5) is 10.8. The van der Waals surface area contributed by atoms with Gasteiger partial charge in [-0.2, -0.15) is 0 Å². The summed E-state index contributed by atoms with van der Waals surface area (Å²) in [5.74, 6) is -1.55. The average molecular weight is 248 g/mol. The molecule has 1 aromatic rings. The molecule has 0 spiro atoms. The zero-order valence-electron chi connectivity index (χ0n) is 7.91. The smallest absolute Gasteiger partial charge is 0.308 e. The summed E-state index contributed by atoms with van der Waals surface area (Å²) in [5, 5.41) is 9.67. The molecule has 0 fully saturated rings. The second-order valence-corrected chi connectivity index (χ2v) is 3.97. The molecule has 0 aliphatic rings. The van der Waals surface area contributed by atoms with Gasteiger partial charge in [-0.15, -0.1) is 0 Å². The van der Waals surface area contributed by atoms with Crippen LogP contribution >= 0.6 is 23.2 Å². The van der Waals surface area contributed by atoms with Crippen LogP contribution in [-0.4, -0.2) is 17.6 Å². The highest BCUT2D eigenvalue weighted by atomic mass is 35.5. The second-order valence-electron chi connectivity index (χ2n) is 3.19. The van der Waals surface area contributed by atoms with Crippen LogP contribution in [0.25, 0.3) is 0 Å². The van der Waals surface area contributed by atoms with Gasteiger partial charge in [-0.05, 0) is 18.1 Å². The Morgan fingerprint density at radius 2 is 2.13 bits per heavy atom. The highest BCUT2D eigenvalue weighted by Crippen LogP contribution is 2.27. The van der Waals surface area contributed by atoms with E-state index in [9.17, 15) is 4.79 Å². The first-order valence-corrected chi connectivity index (χ1v) is 5.17. The predicted octanol–water partition coefficient (Wildman–Crippen LogP) is 2.20. The molecule has 3 nitrogen and oxygen atoms in total. The zero-order chi connectivity index (χ0) is 11.4. The highest BCUT2D eigenvalue weighted by molar-refractivity contribution is 6.42. The number of hydrogen-bond donors (Lipinski definition) is 2. The predicted molar refractivity (Wildman–Crippen MR) is 60.3 cm³/mol. The molecule has 0 saturated carbocycles. The fourth-order valence-corrected chi connectivity index (χ4v) is 1.64. The molecule has 3 N–H and O–H groups in total. The molecule has 0 saturated heterocycles. The summed E-state index contributed by atoms with van der Waals surface area (Å²) >= 11 is 11.7. The van der Waals surface area contributed by atoms with Gasteiger partial charge in [0, 0.05) is 6.54 Å². The number of carbonyl (C=O) groups is 1. The molecule has 5 heteroatoms. The minimum Gasteiger partial charge on any atom is -0.481 e. The first-order valence-electron chi connectivity index (χ1n) is 4.42. The minimum absolute atomic E-state index is 0.0815. The standard InChI is InChI=1S/C10H11Cl2NO2/c11-8-3-1-2-6(9(8)12)4-7(5-13)10(14)15/h1-3,7H,4-5,13H2,(H,14,15)/t7-/m0/s1. The van der Waals surface area contributed by atoms with Gasteiger partial charge in [0.1, 0.15) is 0 Å². The molecule has 1 atom stereocenters. The Kier molecular flexibility index (Phi) is 4.39. The van der Waals surface area contributed by atoms with Crippen molar-refractivity contribution < 1.29 is 9.90 Å². The first-order chi connectivity index (χ1) is 7.06. The summed E-state index contributed by atoms with van der Waals surface area (Å²) in [5.41, 5.74) is 6.06. The number of benzene rings is 1. The van der Waals surface area contributed by atoms with Crippen molar-refractivity contribution in [3.8, 4) is 0 Å². The van der Waals surface area contributed by atoms with Gasteiger partial charge in [0.25, 0.3) is 0 Å².